The van der Waals surface area contributed by atoms with Gasteiger partial charge in [-0.2, -0.15) is 0 Å². The molecule has 1 saturated heterocycles. The Morgan fingerprint density at radius 1 is 1.17 bits per heavy atom. The Hall–Kier alpha value is -3.42. The minimum atomic E-state index is -0.932. The van der Waals surface area contributed by atoms with E-state index < -0.39 is 36.3 Å². The Bertz CT molecular complexity index is 1010. The highest BCUT2D eigenvalue weighted by Crippen LogP contribution is 2.34. The number of rotatable bonds is 6. The molecule has 0 unspecified atom stereocenters. The largest absolute Gasteiger partial charge is 0.467 e. The van der Waals surface area contributed by atoms with Crippen LogP contribution in [-0.2, 0) is 30.3 Å². The first-order valence-corrected chi connectivity index (χ1v) is 9.92. The van der Waals surface area contributed by atoms with E-state index in [0.29, 0.717) is 12.8 Å². The monoisotopic (exact) mass is 409 g/mol. The standard InChI is InChI=1S/C22H23N3O5/c1-30-22(29)18(10-13-11-23-17-9-5-4-6-14(13)17)24-19(26)12-25-20(27)15-7-2-3-8-16(15)21(25)28/h2-6,9,11,15-16,18,23H,7-8,10,12H2,1H3,(H,24,26)/t15-,16-,18-/m1/s1. The van der Waals surface area contributed by atoms with Gasteiger partial charge in [-0.05, 0) is 24.5 Å². The number of carbonyl (C=O) groups is 4. The number of hydrogen-bond acceptors (Lipinski definition) is 5. The zero-order chi connectivity index (χ0) is 21.3. The number of hydrogen-bond donors (Lipinski definition) is 2. The number of fused-ring (bicyclic) bond motifs is 2. The average Bonchev–Trinajstić information content (AvgIpc) is 3.27. The van der Waals surface area contributed by atoms with Crippen LogP contribution in [0.5, 0.6) is 0 Å². The van der Waals surface area contributed by atoms with E-state index >= 15 is 0 Å². The summed E-state index contributed by atoms with van der Waals surface area (Å²) in [5.41, 5.74) is 1.78. The quantitative estimate of drug-likeness (QED) is 0.425. The molecule has 2 heterocycles. The van der Waals surface area contributed by atoms with Crippen LogP contribution in [0.3, 0.4) is 0 Å². The molecule has 1 aromatic carbocycles. The van der Waals surface area contributed by atoms with Crippen molar-refractivity contribution in [2.24, 2.45) is 11.8 Å². The molecule has 3 amide bonds. The van der Waals surface area contributed by atoms with Gasteiger partial charge in [-0.1, -0.05) is 30.4 Å². The van der Waals surface area contributed by atoms with Gasteiger partial charge in [0.15, 0.2) is 0 Å². The van der Waals surface area contributed by atoms with E-state index in [2.05, 4.69) is 10.3 Å². The number of benzene rings is 1. The van der Waals surface area contributed by atoms with Crippen molar-refractivity contribution < 1.29 is 23.9 Å². The number of methoxy groups -OCH3 is 1. The van der Waals surface area contributed by atoms with E-state index in [4.69, 9.17) is 4.74 Å². The summed E-state index contributed by atoms with van der Waals surface area (Å²) < 4.78 is 4.84. The van der Waals surface area contributed by atoms with Crippen molar-refractivity contribution in [1.82, 2.24) is 15.2 Å². The molecule has 8 heteroatoms. The van der Waals surface area contributed by atoms with Crippen molar-refractivity contribution >= 4 is 34.6 Å². The van der Waals surface area contributed by atoms with E-state index in [1.807, 2.05) is 36.4 Å². The van der Waals surface area contributed by atoms with Gasteiger partial charge in [0.1, 0.15) is 12.6 Å². The van der Waals surface area contributed by atoms with Crippen LogP contribution in [0.25, 0.3) is 10.9 Å². The van der Waals surface area contributed by atoms with Crippen LogP contribution in [-0.4, -0.2) is 53.3 Å². The Labute approximate surface area is 173 Å². The van der Waals surface area contributed by atoms with Crippen molar-refractivity contribution in [3.05, 3.63) is 48.2 Å². The second kappa shape index (κ2) is 8.14. The fourth-order valence-corrected chi connectivity index (χ4v) is 4.26. The number of nitrogens with one attached hydrogen (secondary N) is 2. The maximum absolute atomic E-state index is 12.6. The van der Waals surface area contributed by atoms with E-state index in [9.17, 15) is 19.2 Å². The van der Waals surface area contributed by atoms with Crippen molar-refractivity contribution in [3.63, 3.8) is 0 Å². The number of esters is 1. The lowest BCUT2D eigenvalue weighted by Gasteiger charge is -2.19. The SMILES string of the molecule is COC(=O)[C@@H](Cc1c[nH]c2ccccc12)NC(=O)CN1C(=O)[C@@H]2CC=CC[C@H]2C1=O. The summed E-state index contributed by atoms with van der Waals surface area (Å²) in [6, 6.07) is 6.71. The summed E-state index contributed by atoms with van der Waals surface area (Å²) in [7, 11) is 1.25. The van der Waals surface area contributed by atoms with Crippen LogP contribution in [0, 0.1) is 11.8 Å². The van der Waals surface area contributed by atoms with Crippen LogP contribution in [0.4, 0.5) is 0 Å². The molecule has 2 N–H and O–H groups in total. The molecule has 3 atom stereocenters. The third-order valence-electron chi connectivity index (χ3n) is 5.82. The molecular weight excluding hydrogens is 386 g/mol. The first-order valence-electron chi connectivity index (χ1n) is 9.92. The highest BCUT2D eigenvalue weighted by Gasteiger charge is 2.47. The average molecular weight is 409 g/mol. The van der Waals surface area contributed by atoms with Crippen LogP contribution < -0.4 is 5.32 Å². The molecule has 0 radical (unpaired) electrons. The summed E-state index contributed by atoms with van der Waals surface area (Å²) >= 11 is 0. The van der Waals surface area contributed by atoms with Gasteiger partial charge in [-0.15, -0.1) is 0 Å². The van der Waals surface area contributed by atoms with Gasteiger partial charge in [-0.3, -0.25) is 19.3 Å². The molecule has 2 aliphatic rings. The molecule has 156 valence electrons. The summed E-state index contributed by atoms with van der Waals surface area (Å²) in [5.74, 6) is -2.59. The molecule has 2 aromatic rings. The molecule has 1 aliphatic heterocycles. The second-order valence-corrected chi connectivity index (χ2v) is 7.63. The predicted octanol–water partition coefficient (Wildman–Crippen LogP) is 1.32. The number of nitrogens with zero attached hydrogens (tertiary/aromatic N) is 1. The molecule has 4 rings (SSSR count). The summed E-state index contributed by atoms with van der Waals surface area (Å²) in [6.07, 6.45) is 6.82. The molecule has 1 fully saturated rings. The Kier molecular flexibility index (Phi) is 5.39. The van der Waals surface area contributed by atoms with E-state index in [-0.39, 0.29) is 18.2 Å². The van der Waals surface area contributed by atoms with Gasteiger partial charge in [0, 0.05) is 23.5 Å². The van der Waals surface area contributed by atoms with Gasteiger partial charge in [0.2, 0.25) is 17.7 Å². The molecule has 0 spiro atoms. The van der Waals surface area contributed by atoms with Crippen molar-refractivity contribution in [3.8, 4) is 0 Å². The molecular formula is C22H23N3O5. The fourth-order valence-electron chi connectivity index (χ4n) is 4.26. The summed E-state index contributed by atoms with van der Waals surface area (Å²) in [4.78, 5) is 54.2. The Morgan fingerprint density at radius 3 is 2.50 bits per heavy atom. The molecule has 0 bridgehead atoms. The Morgan fingerprint density at radius 2 is 1.83 bits per heavy atom. The lowest BCUT2D eigenvalue weighted by Crippen LogP contribution is -2.48. The third-order valence-corrected chi connectivity index (χ3v) is 5.82. The van der Waals surface area contributed by atoms with E-state index in [1.165, 1.54) is 7.11 Å². The number of aromatic nitrogens is 1. The van der Waals surface area contributed by atoms with Crippen molar-refractivity contribution in [2.75, 3.05) is 13.7 Å². The van der Waals surface area contributed by atoms with Gasteiger partial charge < -0.3 is 15.0 Å². The number of amides is 3. The number of H-pyrrole nitrogens is 1. The maximum Gasteiger partial charge on any atom is 0.328 e. The molecule has 30 heavy (non-hydrogen) atoms. The number of carbonyl (C=O) groups excluding carboxylic acids is 4. The molecule has 1 aliphatic carbocycles. The van der Waals surface area contributed by atoms with Crippen molar-refractivity contribution in [1.29, 1.82) is 0 Å². The molecule has 8 nitrogen and oxygen atoms in total. The summed E-state index contributed by atoms with van der Waals surface area (Å²) in [6.45, 7) is -0.397. The van der Waals surface area contributed by atoms with Crippen LogP contribution in [0.15, 0.2) is 42.6 Å². The van der Waals surface area contributed by atoms with Crippen LogP contribution >= 0.6 is 0 Å². The van der Waals surface area contributed by atoms with Gasteiger partial charge >= 0.3 is 5.97 Å². The normalized spacial score (nSPS) is 21.6. The maximum atomic E-state index is 12.6. The smallest absolute Gasteiger partial charge is 0.328 e. The number of imide groups is 1. The second-order valence-electron chi connectivity index (χ2n) is 7.63. The summed E-state index contributed by atoms with van der Waals surface area (Å²) in [5, 5.41) is 3.58. The topological polar surface area (TPSA) is 109 Å². The van der Waals surface area contributed by atoms with Gasteiger partial charge in [0.05, 0.1) is 18.9 Å². The van der Waals surface area contributed by atoms with E-state index in [1.54, 1.807) is 6.20 Å². The highest BCUT2D eigenvalue weighted by atomic mass is 16.5. The first kappa shape index (κ1) is 19.9. The number of ether oxygens (including phenoxy) is 1. The number of allylic oxidation sites excluding steroid dienone is 2. The minimum absolute atomic E-state index is 0.222. The third kappa shape index (κ3) is 3.60. The minimum Gasteiger partial charge on any atom is -0.467 e. The van der Waals surface area contributed by atoms with Crippen LogP contribution in [0.2, 0.25) is 0 Å². The lowest BCUT2D eigenvalue weighted by molar-refractivity contribution is -0.146. The van der Waals surface area contributed by atoms with E-state index in [0.717, 1.165) is 21.4 Å². The van der Waals surface area contributed by atoms with Gasteiger partial charge in [0.25, 0.3) is 0 Å². The number of aromatic amines is 1. The molecule has 0 saturated carbocycles. The highest BCUT2D eigenvalue weighted by molar-refractivity contribution is 6.07. The molecule has 1 aromatic heterocycles. The first-order chi connectivity index (χ1) is 14.5. The fraction of sp³-hybridized carbons (Fsp3) is 0.364. The Balaban J connectivity index is 1.46. The zero-order valence-corrected chi connectivity index (χ0v) is 16.6. The number of likely N-dealkylation sites (tertiary alicyclic amines) is 1. The van der Waals surface area contributed by atoms with Crippen LogP contribution in [0.1, 0.15) is 18.4 Å². The van der Waals surface area contributed by atoms with Gasteiger partial charge in [-0.25, -0.2) is 4.79 Å². The number of para-hydroxylation sites is 1. The predicted molar refractivity (Wildman–Crippen MR) is 108 cm³/mol. The zero-order valence-electron chi connectivity index (χ0n) is 16.6. The van der Waals surface area contributed by atoms with Crippen molar-refractivity contribution in [2.45, 2.75) is 25.3 Å². The lowest BCUT2D eigenvalue weighted by atomic mass is 9.85.